The minimum absolute atomic E-state index is 0.00558. The Bertz CT molecular complexity index is 471. The Kier molecular flexibility index (Phi) is 3.73. The lowest BCUT2D eigenvalue weighted by atomic mass is 10.1. The van der Waals surface area contributed by atoms with Gasteiger partial charge in [-0.3, -0.25) is 4.98 Å². The second-order valence-corrected chi connectivity index (χ2v) is 3.89. The van der Waals surface area contributed by atoms with Crippen molar-refractivity contribution in [1.29, 1.82) is 0 Å². The number of rotatable bonds is 4. The predicted molar refractivity (Wildman–Crippen MR) is 67.6 cm³/mol. The van der Waals surface area contributed by atoms with E-state index in [0.717, 1.165) is 16.9 Å². The molecule has 1 unspecified atom stereocenters. The highest BCUT2D eigenvalue weighted by atomic mass is 16.5. The fraction of sp³-hybridized carbons (Fsp3) is 0.214. The second kappa shape index (κ2) is 5.46. The van der Waals surface area contributed by atoms with Crippen LogP contribution in [0.1, 0.15) is 24.2 Å². The van der Waals surface area contributed by atoms with E-state index in [-0.39, 0.29) is 6.10 Å². The minimum atomic E-state index is 0.00558. The monoisotopic (exact) mass is 228 g/mol. The minimum Gasteiger partial charge on any atom is -0.486 e. The molecule has 2 aromatic rings. The summed E-state index contributed by atoms with van der Waals surface area (Å²) in [5.41, 5.74) is 7.78. The first kappa shape index (κ1) is 11.6. The van der Waals surface area contributed by atoms with E-state index >= 15 is 0 Å². The number of nitrogens with zero attached hydrogens (tertiary/aromatic N) is 1. The molecule has 0 saturated carbocycles. The van der Waals surface area contributed by atoms with Crippen molar-refractivity contribution in [2.75, 3.05) is 0 Å². The number of ether oxygens (including phenoxy) is 1. The molecule has 1 aromatic heterocycles. The quantitative estimate of drug-likeness (QED) is 0.875. The van der Waals surface area contributed by atoms with E-state index in [1.807, 2.05) is 43.3 Å². The Labute approximate surface area is 101 Å². The molecule has 2 N–H and O–H groups in total. The fourth-order valence-electron chi connectivity index (χ4n) is 1.65. The maximum atomic E-state index is 5.86. The molecule has 2 rings (SSSR count). The van der Waals surface area contributed by atoms with Gasteiger partial charge in [-0.05, 0) is 42.3 Å². The molecule has 0 fully saturated rings. The van der Waals surface area contributed by atoms with Crippen molar-refractivity contribution in [1.82, 2.24) is 4.98 Å². The molecule has 0 amide bonds. The average molecular weight is 228 g/mol. The van der Waals surface area contributed by atoms with E-state index in [9.17, 15) is 0 Å². The van der Waals surface area contributed by atoms with Gasteiger partial charge >= 0.3 is 0 Å². The Balaban J connectivity index is 2.10. The molecule has 17 heavy (non-hydrogen) atoms. The van der Waals surface area contributed by atoms with E-state index in [0.29, 0.717) is 6.54 Å². The Morgan fingerprint density at radius 3 is 2.71 bits per heavy atom. The van der Waals surface area contributed by atoms with Crippen LogP contribution >= 0.6 is 0 Å². The lowest BCUT2D eigenvalue weighted by Crippen LogP contribution is -2.04. The van der Waals surface area contributed by atoms with Gasteiger partial charge in [-0.15, -0.1) is 0 Å². The molecule has 0 aliphatic rings. The fourth-order valence-corrected chi connectivity index (χ4v) is 1.65. The van der Waals surface area contributed by atoms with Crippen LogP contribution in [0.2, 0.25) is 0 Å². The van der Waals surface area contributed by atoms with Crippen LogP contribution in [0.15, 0.2) is 48.8 Å². The summed E-state index contributed by atoms with van der Waals surface area (Å²) in [5, 5.41) is 0. The Morgan fingerprint density at radius 2 is 2.00 bits per heavy atom. The van der Waals surface area contributed by atoms with Gasteiger partial charge in [0.1, 0.15) is 11.9 Å². The molecule has 0 bridgehead atoms. The van der Waals surface area contributed by atoms with Crippen LogP contribution in [0.25, 0.3) is 0 Å². The predicted octanol–water partition coefficient (Wildman–Crippen LogP) is 2.68. The Hall–Kier alpha value is -1.87. The van der Waals surface area contributed by atoms with Gasteiger partial charge in [0, 0.05) is 18.9 Å². The first-order chi connectivity index (χ1) is 8.29. The molecule has 0 spiro atoms. The lowest BCUT2D eigenvalue weighted by molar-refractivity contribution is 0.226. The zero-order valence-electron chi connectivity index (χ0n) is 9.84. The van der Waals surface area contributed by atoms with E-state index in [1.54, 1.807) is 12.4 Å². The van der Waals surface area contributed by atoms with Gasteiger partial charge in [-0.2, -0.15) is 0 Å². The smallest absolute Gasteiger partial charge is 0.121 e. The molecular weight excluding hydrogens is 212 g/mol. The van der Waals surface area contributed by atoms with Gasteiger partial charge in [-0.25, -0.2) is 0 Å². The standard InChI is InChI=1S/C14H16N2O/c1-11(13-5-7-16-8-6-13)17-14-4-2-3-12(9-14)10-15/h2-9,11H,10,15H2,1H3. The van der Waals surface area contributed by atoms with Crippen LogP contribution in [0.4, 0.5) is 0 Å². The average Bonchev–Trinajstić information content (AvgIpc) is 2.40. The van der Waals surface area contributed by atoms with Crippen LogP contribution in [-0.2, 0) is 6.54 Å². The van der Waals surface area contributed by atoms with Crippen molar-refractivity contribution < 1.29 is 4.74 Å². The summed E-state index contributed by atoms with van der Waals surface area (Å²) in [4.78, 5) is 3.99. The third-order valence-corrected chi connectivity index (χ3v) is 2.62. The van der Waals surface area contributed by atoms with Crippen molar-refractivity contribution in [2.45, 2.75) is 19.6 Å². The molecule has 1 atom stereocenters. The molecule has 0 radical (unpaired) electrons. The number of nitrogens with two attached hydrogens (primary N) is 1. The van der Waals surface area contributed by atoms with Crippen molar-refractivity contribution in [3.63, 3.8) is 0 Å². The number of benzene rings is 1. The van der Waals surface area contributed by atoms with Gasteiger partial charge < -0.3 is 10.5 Å². The summed E-state index contributed by atoms with van der Waals surface area (Å²) in [5.74, 6) is 0.845. The van der Waals surface area contributed by atoms with Crippen LogP contribution < -0.4 is 10.5 Å². The maximum Gasteiger partial charge on any atom is 0.121 e. The summed E-state index contributed by atoms with van der Waals surface area (Å²) in [7, 11) is 0. The summed E-state index contributed by atoms with van der Waals surface area (Å²) in [6.45, 7) is 2.55. The van der Waals surface area contributed by atoms with Crippen LogP contribution in [0.3, 0.4) is 0 Å². The normalized spacial score (nSPS) is 12.1. The van der Waals surface area contributed by atoms with E-state index < -0.39 is 0 Å². The third kappa shape index (κ3) is 3.04. The van der Waals surface area contributed by atoms with Crippen LogP contribution in [0, 0.1) is 0 Å². The molecule has 0 aliphatic heterocycles. The number of hydrogen-bond acceptors (Lipinski definition) is 3. The van der Waals surface area contributed by atoms with Gasteiger partial charge in [-0.1, -0.05) is 12.1 Å². The first-order valence-corrected chi connectivity index (χ1v) is 5.65. The molecule has 0 aliphatic carbocycles. The zero-order chi connectivity index (χ0) is 12.1. The third-order valence-electron chi connectivity index (χ3n) is 2.62. The highest BCUT2D eigenvalue weighted by Crippen LogP contribution is 2.21. The highest BCUT2D eigenvalue weighted by molar-refractivity contribution is 5.29. The SMILES string of the molecule is CC(Oc1cccc(CN)c1)c1ccncc1. The van der Waals surface area contributed by atoms with Crippen LogP contribution in [-0.4, -0.2) is 4.98 Å². The summed E-state index contributed by atoms with van der Waals surface area (Å²) in [6.07, 6.45) is 3.54. The Morgan fingerprint density at radius 1 is 1.24 bits per heavy atom. The molecule has 1 heterocycles. The number of aromatic nitrogens is 1. The van der Waals surface area contributed by atoms with Crippen molar-refractivity contribution in [2.24, 2.45) is 5.73 Å². The van der Waals surface area contributed by atoms with Crippen molar-refractivity contribution >= 4 is 0 Å². The van der Waals surface area contributed by atoms with Crippen LogP contribution in [0.5, 0.6) is 5.75 Å². The topological polar surface area (TPSA) is 48.1 Å². The number of hydrogen-bond donors (Lipinski definition) is 1. The highest BCUT2D eigenvalue weighted by Gasteiger charge is 2.06. The van der Waals surface area contributed by atoms with E-state index in [4.69, 9.17) is 10.5 Å². The molecule has 3 heteroatoms. The van der Waals surface area contributed by atoms with E-state index in [1.165, 1.54) is 0 Å². The largest absolute Gasteiger partial charge is 0.486 e. The lowest BCUT2D eigenvalue weighted by Gasteiger charge is -2.15. The molecule has 3 nitrogen and oxygen atoms in total. The molecule has 0 saturated heterocycles. The summed E-state index contributed by atoms with van der Waals surface area (Å²) < 4.78 is 5.86. The maximum absolute atomic E-state index is 5.86. The first-order valence-electron chi connectivity index (χ1n) is 5.65. The summed E-state index contributed by atoms with van der Waals surface area (Å²) in [6, 6.07) is 11.8. The van der Waals surface area contributed by atoms with Gasteiger partial charge in [0.15, 0.2) is 0 Å². The van der Waals surface area contributed by atoms with Gasteiger partial charge in [0.05, 0.1) is 0 Å². The molecule has 1 aromatic carbocycles. The second-order valence-electron chi connectivity index (χ2n) is 3.89. The molecular formula is C14H16N2O. The van der Waals surface area contributed by atoms with Gasteiger partial charge in [0.2, 0.25) is 0 Å². The van der Waals surface area contributed by atoms with E-state index in [2.05, 4.69) is 4.98 Å². The van der Waals surface area contributed by atoms with Crippen molar-refractivity contribution in [3.05, 3.63) is 59.9 Å². The number of pyridine rings is 1. The zero-order valence-corrected chi connectivity index (χ0v) is 9.84. The van der Waals surface area contributed by atoms with Gasteiger partial charge in [0.25, 0.3) is 0 Å². The van der Waals surface area contributed by atoms with Crippen molar-refractivity contribution in [3.8, 4) is 5.75 Å². The summed E-state index contributed by atoms with van der Waals surface area (Å²) >= 11 is 0. The molecule has 88 valence electrons.